The van der Waals surface area contributed by atoms with Gasteiger partial charge in [-0.15, -0.1) is 11.3 Å². The number of nitrogens with one attached hydrogen (secondary N) is 1. The van der Waals surface area contributed by atoms with E-state index in [0.717, 1.165) is 97.9 Å². The van der Waals surface area contributed by atoms with Gasteiger partial charge in [-0.1, -0.05) is 19.1 Å². The van der Waals surface area contributed by atoms with Crippen LogP contribution in [0.1, 0.15) is 67.1 Å². The Hall–Kier alpha value is -2.62. The molecule has 4 unspecified atom stereocenters. The van der Waals surface area contributed by atoms with Crippen LogP contribution in [0.25, 0.3) is 10.1 Å². The normalized spacial score (nSPS) is 24.7. The molecule has 1 aromatic heterocycles. The van der Waals surface area contributed by atoms with E-state index in [0.29, 0.717) is 16.0 Å². The number of benzene rings is 1. The van der Waals surface area contributed by atoms with Crippen molar-refractivity contribution in [3.05, 3.63) is 58.0 Å². The van der Waals surface area contributed by atoms with Gasteiger partial charge in [-0.05, 0) is 112 Å². The monoisotopic (exact) mass is 689 g/mol. The van der Waals surface area contributed by atoms with Crippen LogP contribution in [0.4, 0.5) is 8.78 Å². The van der Waals surface area contributed by atoms with Crippen molar-refractivity contribution >= 4 is 42.0 Å². The van der Waals surface area contributed by atoms with E-state index in [-0.39, 0.29) is 4.88 Å². The van der Waals surface area contributed by atoms with Crippen molar-refractivity contribution in [3.63, 3.8) is 0 Å². The number of alkyl halides is 2. The summed E-state index contributed by atoms with van der Waals surface area (Å²) in [6.07, 6.45) is 13.4. The fraction of sp³-hybridized carbons (Fsp3) is 0.559. The maximum absolute atomic E-state index is 13.4. The van der Waals surface area contributed by atoms with Crippen molar-refractivity contribution in [2.24, 2.45) is 29.4 Å². The highest BCUT2D eigenvalue weighted by molar-refractivity contribution is 7.46. The predicted octanol–water partition coefficient (Wildman–Crippen LogP) is 5.90. The first-order valence-corrected chi connectivity index (χ1v) is 18.2. The molecular weight excluding hydrogens is 643 g/mol. The van der Waals surface area contributed by atoms with E-state index in [2.05, 4.69) is 47.5 Å². The van der Waals surface area contributed by atoms with Crippen LogP contribution in [0.5, 0.6) is 0 Å². The summed E-state index contributed by atoms with van der Waals surface area (Å²) in [6.45, 7) is 5.77. The number of carbonyl (C=O) groups is 2. The van der Waals surface area contributed by atoms with E-state index >= 15 is 0 Å². The lowest BCUT2D eigenvalue weighted by atomic mass is 9.87. The van der Waals surface area contributed by atoms with E-state index in [4.69, 9.17) is 20.8 Å². The molecule has 4 aliphatic rings. The third-order valence-electron chi connectivity index (χ3n) is 9.90. The van der Waals surface area contributed by atoms with Crippen LogP contribution in [-0.4, -0.2) is 71.7 Å². The van der Waals surface area contributed by atoms with Gasteiger partial charge in [0.2, 0.25) is 8.38 Å². The van der Waals surface area contributed by atoms with Gasteiger partial charge in [0.25, 0.3) is 5.91 Å². The van der Waals surface area contributed by atoms with Crippen molar-refractivity contribution in [1.29, 1.82) is 5.26 Å². The smallest absolute Gasteiger partial charge is 0.339 e. The van der Waals surface area contributed by atoms with Crippen molar-refractivity contribution in [2.45, 2.75) is 63.6 Å². The number of aldehydes is 1. The number of hydrazine groups is 1. The Morgan fingerprint density at radius 3 is 2.62 bits per heavy atom. The molecule has 2 aliphatic carbocycles. The lowest BCUT2D eigenvalue weighted by Gasteiger charge is -2.39. The first kappa shape index (κ1) is 37.2. The van der Waals surface area contributed by atoms with E-state index in [1.165, 1.54) is 43.5 Å². The van der Waals surface area contributed by atoms with Crippen LogP contribution in [0, 0.1) is 35.0 Å². The predicted molar refractivity (Wildman–Crippen MR) is 182 cm³/mol. The third kappa shape index (κ3) is 9.51. The topological polar surface area (TPSA) is 143 Å². The molecule has 1 aromatic carbocycles. The zero-order chi connectivity index (χ0) is 34.3. The lowest BCUT2D eigenvalue weighted by Crippen LogP contribution is -2.53. The van der Waals surface area contributed by atoms with Crippen LogP contribution in [0.3, 0.4) is 0 Å². The summed E-state index contributed by atoms with van der Waals surface area (Å²) in [4.78, 5) is 41.5. The Bertz CT molecular complexity index is 1500. The molecule has 0 bridgehead atoms. The van der Waals surface area contributed by atoms with Crippen LogP contribution in [0.15, 0.2) is 47.6 Å². The summed E-state index contributed by atoms with van der Waals surface area (Å²) in [5.74, 6) is 2.64. The largest absolute Gasteiger partial charge is 0.365 e. The summed E-state index contributed by atoms with van der Waals surface area (Å²) in [7, 11) is 0.799. The Kier molecular flexibility index (Phi) is 13.2. The van der Waals surface area contributed by atoms with Crippen molar-refractivity contribution < 1.29 is 28.2 Å². The average molecular weight is 690 g/mol. The number of amides is 1. The fourth-order valence-corrected chi connectivity index (χ4v) is 8.06. The van der Waals surface area contributed by atoms with Crippen LogP contribution in [-0.2, 0) is 10.5 Å². The standard InChI is InChI=1S/C13H23NO.C11H15N3.C10H8F2NO3PS/c1-10-12(6-4-8-15)13(10)9-11-5-3-7-14(11)2;1-13-14-7-11(8-14)10-4-2-3-9(5-10)6-12;11-10(12,17(15)16)6-1-2-7-5(3-6)4-8(18-7)9(13)14/h8,10-13H,3-7,9H2,1-2H3;4-5,11,13H,2-3,7-8H2,1H3;1-4,15-16H,(H2,13,14). The van der Waals surface area contributed by atoms with Gasteiger partial charge in [-0.3, -0.25) is 10.2 Å². The molecule has 1 amide bonds. The van der Waals surface area contributed by atoms with Gasteiger partial charge in [0.05, 0.1) is 10.9 Å². The molecule has 13 heteroatoms. The Morgan fingerprint density at radius 1 is 1.28 bits per heavy atom. The number of hydrogen-bond donors (Lipinski definition) is 4. The number of rotatable bonds is 10. The van der Waals surface area contributed by atoms with Crippen molar-refractivity contribution in [1.82, 2.24) is 15.3 Å². The van der Waals surface area contributed by atoms with Gasteiger partial charge in [-0.2, -0.15) is 14.0 Å². The number of halogens is 2. The molecule has 6 rings (SSSR count). The molecule has 5 N–H and O–H groups in total. The minimum absolute atomic E-state index is 0.265. The summed E-state index contributed by atoms with van der Waals surface area (Å²) in [6, 6.07) is 8.11. The Balaban J connectivity index is 0.000000161. The summed E-state index contributed by atoms with van der Waals surface area (Å²) in [5, 5.41) is 11.4. The number of hydrogen-bond acceptors (Lipinski definition) is 9. The second-order valence-electron chi connectivity index (χ2n) is 12.9. The molecule has 2 saturated heterocycles. The van der Waals surface area contributed by atoms with E-state index in [9.17, 15) is 18.4 Å². The highest BCUT2D eigenvalue weighted by atomic mass is 32.1. The summed E-state index contributed by atoms with van der Waals surface area (Å²) >= 11 is 1.09. The molecule has 2 aromatic rings. The van der Waals surface area contributed by atoms with Gasteiger partial charge in [0, 0.05) is 47.3 Å². The first-order valence-electron chi connectivity index (χ1n) is 16.2. The summed E-state index contributed by atoms with van der Waals surface area (Å²) < 4.78 is 27.5. The number of allylic oxidation sites excluding steroid dienone is 3. The van der Waals surface area contributed by atoms with E-state index < -0.39 is 25.5 Å². The summed E-state index contributed by atoms with van der Waals surface area (Å²) in [5.41, 5.74) is 6.31. The molecule has 0 radical (unpaired) electrons. The fourth-order valence-electron chi connectivity index (χ4n) is 6.79. The van der Waals surface area contributed by atoms with Crippen LogP contribution < -0.4 is 11.2 Å². The second-order valence-corrected chi connectivity index (χ2v) is 15.1. The average Bonchev–Trinajstić information content (AvgIpc) is 3.32. The van der Waals surface area contributed by atoms with Gasteiger partial charge < -0.3 is 25.2 Å². The van der Waals surface area contributed by atoms with Gasteiger partial charge in [0.1, 0.15) is 6.29 Å². The SMILES string of the molecule is CC1C(CCC=O)C1CC1CCCN1C.CNN1CC(C2=CCCC(C#N)=C2)C1.NC(=O)c1cc2cc(C(F)(F)P(O)O)ccc2s1. The van der Waals surface area contributed by atoms with Gasteiger partial charge in [0.15, 0.2) is 0 Å². The van der Waals surface area contributed by atoms with Gasteiger partial charge >= 0.3 is 5.66 Å². The first-order chi connectivity index (χ1) is 22.4. The molecule has 256 valence electrons. The molecule has 1 saturated carbocycles. The maximum Gasteiger partial charge on any atom is 0.339 e. The molecule has 3 heterocycles. The van der Waals surface area contributed by atoms with E-state index in [1.807, 2.05) is 7.05 Å². The quantitative estimate of drug-likeness (QED) is 0.179. The third-order valence-corrected chi connectivity index (χ3v) is 11.8. The molecule has 47 heavy (non-hydrogen) atoms. The molecule has 4 atom stereocenters. The second kappa shape index (κ2) is 16.7. The molecule has 9 nitrogen and oxygen atoms in total. The minimum Gasteiger partial charge on any atom is -0.365 e. The number of carbonyl (C=O) groups excluding carboxylic acids is 2. The van der Waals surface area contributed by atoms with Crippen molar-refractivity contribution in [3.8, 4) is 6.07 Å². The Morgan fingerprint density at radius 2 is 2.02 bits per heavy atom. The van der Waals surface area contributed by atoms with Crippen LogP contribution in [0.2, 0.25) is 0 Å². The molecule has 3 fully saturated rings. The maximum atomic E-state index is 13.4. The lowest BCUT2D eigenvalue weighted by molar-refractivity contribution is -0.108. The van der Waals surface area contributed by atoms with E-state index in [1.54, 1.807) is 0 Å². The van der Waals surface area contributed by atoms with Crippen molar-refractivity contribution in [2.75, 3.05) is 33.7 Å². The molecule has 0 spiro atoms. The number of primary amides is 1. The number of nitrogens with two attached hydrogens (primary N) is 1. The number of nitrogens with zero attached hydrogens (tertiary/aromatic N) is 3. The zero-order valence-corrected chi connectivity index (χ0v) is 29.0. The molecule has 2 aliphatic heterocycles. The minimum atomic E-state index is -3.70. The zero-order valence-electron chi connectivity index (χ0n) is 27.2. The highest BCUT2D eigenvalue weighted by Gasteiger charge is 2.47. The number of thiophene rings is 1. The number of fused-ring (bicyclic) bond motifs is 1. The molecular formula is C34H46F2N5O4PS. The number of likely N-dealkylation sites (tertiary alicyclic amines) is 1. The van der Waals surface area contributed by atoms with Crippen LogP contribution >= 0.6 is 19.7 Å². The van der Waals surface area contributed by atoms with Gasteiger partial charge in [-0.25, -0.2) is 5.01 Å². The Labute approximate surface area is 281 Å². The highest BCUT2D eigenvalue weighted by Crippen LogP contribution is 2.53. The number of nitriles is 1.